The minimum absolute atomic E-state index is 0.0704. The number of benzene rings is 2. The van der Waals surface area contributed by atoms with Crippen LogP contribution in [0.15, 0.2) is 59.6 Å². The Hall–Kier alpha value is -3.06. The molecule has 7 nitrogen and oxygen atoms in total. The van der Waals surface area contributed by atoms with E-state index in [1.54, 1.807) is 4.90 Å². The fourth-order valence-corrected chi connectivity index (χ4v) is 4.20. The number of carbonyl (C=O) groups is 1. The van der Waals surface area contributed by atoms with Crippen LogP contribution in [0.1, 0.15) is 56.8 Å². The van der Waals surface area contributed by atoms with Crippen molar-refractivity contribution >= 4 is 12.0 Å². The molecule has 1 heterocycles. The van der Waals surface area contributed by atoms with Crippen molar-refractivity contribution in [2.24, 2.45) is 16.6 Å². The zero-order chi connectivity index (χ0) is 23.3. The molecule has 2 amide bonds. The second kappa shape index (κ2) is 10.0. The largest absolute Gasteiger partial charge is 0.371 e. The molecule has 0 saturated carbocycles. The molecule has 0 bridgehead atoms. The lowest BCUT2D eigenvalue weighted by Gasteiger charge is -2.32. The summed E-state index contributed by atoms with van der Waals surface area (Å²) < 4.78 is 0. The van der Waals surface area contributed by atoms with Crippen molar-refractivity contribution in [2.75, 3.05) is 0 Å². The number of aliphatic imine (C=N–C) groups is 1. The summed E-state index contributed by atoms with van der Waals surface area (Å²) in [5.74, 6) is 0.779. The second-order valence-electron chi connectivity index (χ2n) is 9.20. The second-order valence-corrected chi connectivity index (χ2v) is 9.20. The van der Waals surface area contributed by atoms with E-state index in [9.17, 15) is 9.90 Å². The Morgan fingerprint density at radius 2 is 1.75 bits per heavy atom. The lowest BCUT2D eigenvalue weighted by atomic mass is 9.90. The zero-order valence-corrected chi connectivity index (χ0v) is 19.4. The summed E-state index contributed by atoms with van der Waals surface area (Å²) in [5.41, 5.74) is 8.60. The molecule has 1 aliphatic heterocycles. The number of amides is 2. The van der Waals surface area contributed by atoms with Gasteiger partial charge in [-0.1, -0.05) is 68.4 Å². The predicted octanol–water partition coefficient (Wildman–Crippen LogP) is 3.50. The first kappa shape index (κ1) is 23.6. The van der Waals surface area contributed by atoms with Gasteiger partial charge in [0.05, 0.1) is 6.04 Å². The van der Waals surface area contributed by atoms with E-state index in [1.807, 2.05) is 68.4 Å². The quantitative estimate of drug-likeness (QED) is 0.507. The van der Waals surface area contributed by atoms with Crippen LogP contribution >= 0.6 is 0 Å². The molecule has 0 aromatic heterocycles. The molecule has 2 aromatic carbocycles. The van der Waals surface area contributed by atoms with E-state index < -0.39 is 11.8 Å². The summed E-state index contributed by atoms with van der Waals surface area (Å²) in [4.78, 5) is 18.5. The molecule has 0 saturated heterocycles. The Morgan fingerprint density at radius 1 is 1.12 bits per heavy atom. The average Bonchev–Trinajstić information content (AvgIpc) is 2.96. The first-order valence-corrected chi connectivity index (χ1v) is 11.1. The van der Waals surface area contributed by atoms with Gasteiger partial charge in [0, 0.05) is 13.1 Å². The molecule has 32 heavy (non-hydrogen) atoms. The van der Waals surface area contributed by atoms with Gasteiger partial charge in [-0.3, -0.25) is 0 Å². The van der Waals surface area contributed by atoms with E-state index in [0.717, 1.165) is 23.1 Å². The Morgan fingerprint density at radius 3 is 2.38 bits per heavy atom. The lowest BCUT2D eigenvalue weighted by molar-refractivity contribution is 0.000219. The van der Waals surface area contributed by atoms with Gasteiger partial charge in [0.1, 0.15) is 5.54 Å². The topological polar surface area (TPSA) is 103 Å². The third-order valence-corrected chi connectivity index (χ3v) is 5.81. The van der Waals surface area contributed by atoms with Gasteiger partial charge < -0.3 is 26.4 Å². The van der Waals surface area contributed by atoms with E-state index in [2.05, 4.69) is 29.5 Å². The Bertz CT molecular complexity index is 929. The van der Waals surface area contributed by atoms with Gasteiger partial charge in [0.25, 0.3) is 0 Å². The van der Waals surface area contributed by atoms with Crippen LogP contribution < -0.4 is 16.4 Å². The van der Waals surface area contributed by atoms with Gasteiger partial charge in [-0.05, 0) is 42.9 Å². The van der Waals surface area contributed by atoms with Crippen LogP contribution in [-0.4, -0.2) is 33.8 Å². The number of aliphatic hydroxyl groups is 1. The van der Waals surface area contributed by atoms with Gasteiger partial charge in [0.2, 0.25) is 0 Å². The van der Waals surface area contributed by atoms with Crippen molar-refractivity contribution in [3.63, 3.8) is 0 Å². The minimum Gasteiger partial charge on any atom is -0.371 e. The molecule has 172 valence electrons. The van der Waals surface area contributed by atoms with E-state index in [-0.39, 0.29) is 12.1 Å². The van der Waals surface area contributed by atoms with E-state index in [0.29, 0.717) is 25.0 Å². The molecule has 0 fully saturated rings. The van der Waals surface area contributed by atoms with Gasteiger partial charge in [-0.2, -0.15) is 0 Å². The van der Waals surface area contributed by atoms with E-state index in [1.165, 1.54) is 0 Å². The first-order valence-electron chi connectivity index (χ1n) is 11.1. The van der Waals surface area contributed by atoms with Crippen LogP contribution in [0.4, 0.5) is 4.79 Å². The van der Waals surface area contributed by atoms with Crippen LogP contribution in [0.2, 0.25) is 0 Å². The Balaban J connectivity index is 1.51. The molecule has 7 heteroatoms. The van der Waals surface area contributed by atoms with Crippen molar-refractivity contribution < 1.29 is 9.90 Å². The number of hydrogen-bond donors (Lipinski definition) is 4. The van der Waals surface area contributed by atoms with E-state index >= 15 is 0 Å². The molecule has 3 unspecified atom stereocenters. The molecule has 0 radical (unpaired) electrons. The molecule has 3 rings (SSSR count). The molecular weight excluding hydrogens is 402 g/mol. The van der Waals surface area contributed by atoms with Gasteiger partial charge in [-0.15, -0.1) is 0 Å². The maximum Gasteiger partial charge on any atom is 0.315 e. The summed E-state index contributed by atoms with van der Waals surface area (Å²) in [5, 5.41) is 16.7. The SMILES string of the molecule is CC(C)CC1(C)N=C(N)N(Cc2ccc(CNC(=O)NC(C)c3ccccc3)cc2)C1O. The number of urea groups is 1. The van der Waals surface area contributed by atoms with E-state index in [4.69, 9.17) is 5.73 Å². The van der Waals surface area contributed by atoms with Crippen molar-refractivity contribution in [1.82, 2.24) is 15.5 Å². The highest BCUT2D eigenvalue weighted by molar-refractivity contribution is 5.81. The molecule has 0 spiro atoms. The molecular formula is C25H35N5O2. The third-order valence-electron chi connectivity index (χ3n) is 5.81. The number of rotatable bonds is 8. The third kappa shape index (κ3) is 5.79. The van der Waals surface area contributed by atoms with Crippen molar-refractivity contribution in [2.45, 2.75) is 65.0 Å². The average molecular weight is 438 g/mol. The number of nitrogens with zero attached hydrogens (tertiary/aromatic N) is 2. The summed E-state index contributed by atoms with van der Waals surface area (Å²) >= 11 is 0. The lowest BCUT2D eigenvalue weighted by Crippen LogP contribution is -2.47. The summed E-state index contributed by atoms with van der Waals surface area (Å²) in [6, 6.07) is 17.5. The van der Waals surface area contributed by atoms with Gasteiger partial charge >= 0.3 is 6.03 Å². The normalized spacial score (nSPS) is 21.4. The smallest absolute Gasteiger partial charge is 0.315 e. The number of nitrogens with two attached hydrogens (primary N) is 1. The maximum absolute atomic E-state index is 12.2. The summed E-state index contributed by atoms with van der Waals surface area (Å²) in [6.07, 6.45) is 0.0162. The van der Waals surface area contributed by atoms with Crippen molar-refractivity contribution in [3.8, 4) is 0 Å². The number of carbonyl (C=O) groups excluding carboxylic acids is 1. The van der Waals surface area contributed by atoms with Crippen LogP contribution in [0.5, 0.6) is 0 Å². The van der Waals surface area contributed by atoms with Gasteiger partial charge in [-0.25, -0.2) is 9.79 Å². The molecule has 1 aliphatic rings. The monoisotopic (exact) mass is 437 g/mol. The van der Waals surface area contributed by atoms with Crippen LogP contribution in [-0.2, 0) is 13.1 Å². The van der Waals surface area contributed by atoms with Crippen molar-refractivity contribution in [1.29, 1.82) is 0 Å². The highest BCUT2D eigenvalue weighted by Crippen LogP contribution is 2.32. The summed E-state index contributed by atoms with van der Waals surface area (Å²) in [6.45, 7) is 9.03. The Labute approximate surface area is 190 Å². The minimum atomic E-state index is -0.749. The van der Waals surface area contributed by atoms with Gasteiger partial charge in [0.15, 0.2) is 12.2 Å². The fraction of sp³-hybridized carbons (Fsp3) is 0.440. The fourth-order valence-electron chi connectivity index (χ4n) is 4.20. The number of guanidine groups is 1. The Kier molecular flexibility index (Phi) is 7.40. The van der Waals surface area contributed by atoms with Crippen LogP contribution in [0, 0.1) is 5.92 Å². The number of aliphatic hydroxyl groups excluding tert-OH is 1. The predicted molar refractivity (Wildman–Crippen MR) is 128 cm³/mol. The number of nitrogens with one attached hydrogen (secondary N) is 2. The molecule has 5 N–H and O–H groups in total. The van der Waals surface area contributed by atoms with Crippen LogP contribution in [0.3, 0.4) is 0 Å². The number of hydrogen-bond acceptors (Lipinski definition) is 5. The van der Waals surface area contributed by atoms with Crippen LogP contribution in [0.25, 0.3) is 0 Å². The van der Waals surface area contributed by atoms with Crippen molar-refractivity contribution in [3.05, 3.63) is 71.3 Å². The molecule has 3 atom stereocenters. The highest BCUT2D eigenvalue weighted by Gasteiger charge is 2.43. The molecule has 0 aliphatic carbocycles. The first-order chi connectivity index (χ1) is 15.2. The zero-order valence-electron chi connectivity index (χ0n) is 19.4. The maximum atomic E-state index is 12.2. The highest BCUT2D eigenvalue weighted by atomic mass is 16.3. The summed E-state index contributed by atoms with van der Waals surface area (Å²) in [7, 11) is 0. The standard InChI is InChI=1S/C25H35N5O2/c1-17(2)14-25(4)22(31)30(23(26)29-25)16-20-12-10-19(11-13-20)15-27-24(32)28-18(3)21-8-6-5-7-9-21/h5-13,17-18,22,31H,14-16H2,1-4H3,(H2,26,29)(H2,27,28,32). The molecule has 2 aromatic rings.